The molecule has 2 aliphatic rings. The molecule has 1 fully saturated rings. The van der Waals surface area contributed by atoms with Crippen molar-refractivity contribution < 1.29 is 14.6 Å². The highest BCUT2D eigenvalue weighted by molar-refractivity contribution is 5.79. The molecule has 0 radical (unpaired) electrons. The van der Waals surface area contributed by atoms with Crippen molar-refractivity contribution in [2.45, 2.75) is 69.9 Å². The topological polar surface area (TPSA) is 58.6 Å². The second-order valence-electron chi connectivity index (χ2n) is 9.42. The highest BCUT2D eigenvalue weighted by atomic mass is 16.5. The first kappa shape index (κ1) is 20.9. The summed E-state index contributed by atoms with van der Waals surface area (Å²) in [4.78, 5) is 12.7. The molecular formula is C26H33NO3. The maximum Gasteiger partial charge on any atom is 0.407 e. The predicted octanol–water partition coefficient (Wildman–Crippen LogP) is 5.64. The lowest BCUT2D eigenvalue weighted by atomic mass is 9.81. The molecule has 2 aromatic carbocycles. The first-order valence-electron chi connectivity index (χ1n) is 11.3. The van der Waals surface area contributed by atoms with Gasteiger partial charge in [-0.1, -0.05) is 80.6 Å². The number of ether oxygens (including phenoxy) is 1. The number of amides is 1. The monoisotopic (exact) mass is 407 g/mol. The highest BCUT2D eigenvalue weighted by Gasteiger charge is 2.33. The predicted molar refractivity (Wildman–Crippen MR) is 119 cm³/mol. The smallest absolute Gasteiger partial charge is 0.407 e. The second-order valence-corrected chi connectivity index (χ2v) is 9.42. The zero-order chi connectivity index (χ0) is 21.1. The lowest BCUT2D eigenvalue weighted by Gasteiger charge is -2.34. The Balaban J connectivity index is 1.41. The van der Waals surface area contributed by atoms with Crippen molar-refractivity contribution in [2.75, 3.05) is 6.61 Å². The van der Waals surface area contributed by atoms with E-state index in [1.165, 1.54) is 54.4 Å². The summed E-state index contributed by atoms with van der Waals surface area (Å²) in [6.45, 7) is 3.83. The average molecular weight is 408 g/mol. The van der Waals surface area contributed by atoms with Gasteiger partial charge in [-0.05, 0) is 48.4 Å². The van der Waals surface area contributed by atoms with Gasteiger partial charge in [-0.3, -0.25) is 0 Å². The molecule has 2 aromatic rings. The third-order valence-electron chi connectivity index (χ3n) is 6.78. The number of hydrogen-bond donors (Lipinski definition) is 2. The van der Waals surface area contributed by atoms with Gasteiger partial charge in [0.2, 0.25) is 0 Å². The molecule has 2 aliphatic carbocycles. The molecule has 4 rings (SSSR count). The Bertz CT molecular complexity index is 834. The number of carbonyl (C=O) groups is 1. The Kier molecular flexibility index (Phi) is 6.14. The number of rotatable bonds is 6. The fourth-order valence-corrected chi connectivity index (χ4v) is 5.06. The van der Waals surface area contributed by atoms with Crippen molar-refractivity contribution in [1.29, 1.82) is 0 Å². The summed E-state index contributed by atoms with van der Waals surface area (Å²) in [5.74, 6) is 0.603. The largest absolute Gasteiger partial charge is 0.449 e. The molecule has 4 heteroatoms. The Labute approximate surface area is 179 Å². The van der Waals surface area contributed by atoms with Crippen molar-refractivity contribution in [2.24, 2.45) is 5.92 Å². The number of benzene rings is 2. The standard InChI is InChI=1S/C26H33NO3/c1-26(2,29)24(16-18-10-4-3-5-11-18)27-25(28)30-17-23-21-14-8-6-12-19(21)20-13-7-9-15-22(20)23/h6-9,12-15,18,23-24,29H,3-5,10-11,16-17H2,1-2H3,(H,27,28)/t24-/m0/s1. The van der Waals surface area contributed by atoms with Crippen LogP contribution in [0.4, 0.5) is 4.79 Å². The first-order chi connectivity index (χ1) is 14.4. The Morgan fingerprint density at radius 1 is 1.03 bits per heavy atom. The minimum absolute atomic E-state index is 0.0436. The molecule has 1 saturated carbocycles. The second kappa shape index (κ2) is 8.81. The minimum Gasteiger partial charge on any atom is -0.449 e. The molecule has 1 amide bonds. The highest BCUT2D eigenvalue weighted by Crippen LogP contribution is 2.44. The van der Waals surface area contributed by atoms with Gasteiger partial charge in [0.25, 0.3) is 0 Å². The van der Waals surface area contributed by atoms with E-state index >= 15 is 0 Å². The number of nitrogens with one attached hydrogen (secondary N) is 1. The lowest BCUT2D eigenvalue weighted by Crippen LogP contribution is -2.50. The van der Waals surface area contributed by atoms with Gasteiger partial charge in [0, 0.05) is 5.92 Å². The van der Waals surface area contributed by atoms with Crippen LogP contribution in [0.2, 0.25) is 0 Å². The van der Waals surface area contributed by atoms with Crippen LogP contribution in [0.15, 0.2) is 48.5 Å². The van der Waals surface area contributed by atoms with Gasteiger partial charge in [0.1, 0.15) is 6.61 Å². The van der Waals surface area contributed by atoms with Gasteiger partial charge >= 0.3 is 6.09 Å². The SMILES string of the molecule is CC(C)(O)[C@H](CC1CCCCC1)NC(=O)OCC1c2ccccc2-c2ccccc21. The number of fused-ring (bicyclic) bond motifs is 3. The zero-order valence-electron chi connectivity index (χ0n) is 18.1. The van der Waals surface area contributed by atoms with E-state index in [2.05, 4.69) is 29.6 Å². The van der Waals surface area contributed by atoms with E-state index in [-0.39, 0.29) is 12.0 Å². The van der Waals surface area contributed by atoms with E-state index < -0.39 is 11.7 Å². The van der Waals surface area contributed by atoms with Gasteiger partial charge in [-0.15, -0.1) is 0 Å². The first-order valence-corrected chi connectivity index (χ1v) is 11.3. The summed E-state index contributed by atoms with van der Waals surface area (Å²) in [5.41, 5.74) is 3.85. The van der Waals surface area contributed by atoms with E-state index in [0.717, 1.165) is 6.42 Å². The van der Waals surface area contributed by atoms with Gasteiger partial charge in [-0.2, -0.15) is 0 Å². The quantitative estimate of drug-likeness (QED) is 0.652. The van der Waals surface area contributed by atoms with Gasteiger partial charge in [-0.25, -0.2) is 4.79 Å². The van der Waals surface area contributed by atoms with Crippen molar-refractivity contribution in [3.05, 3.63) is 59.7 Å². The van der Waals surface area contributed by atoms with Crippen LogP contribution in [-0.4, -0.2) is 29.4 Å². The van der Waals surface area contributed by atoms with E-state index in [4.69, 9.17) is 4.74 Å². The van der Waals surface area contributed by atoms with E-state index in [9.17, 15) is 9.90 Å². The molecule has 0 aromatic heterocycles. The molecule has 30 heavy (non-hydrogen) atoms. The van der Waals surface area contributed by atoms with Crippen molar-refractivity contribution in [1.82, 2.24) is 5.32 Å². The molecule has 1 atom stereocenters. The molecule has 160 valence electrons. The molecule has 0 unspecified atom stereocenters. The zero-order valence-corrected chi connectivity index (χ0v) is 18.1. The molecule has 0 aliphatic heterocycles. The fraction of sp³-hybridized carbons (Fsp3) is 0.500. The minimum atomic E-state index is -0.983. The van der Waals surface area contributed by atoms with Crippen LogP contribution in [0.3, 0.4) is 0 Å². The van der Waals surface area contributed by atoms with E-state index in [1.54, 1.807) is 13.8 Å². The summed E-state index contributed by atoms with van der Waals surface area (Å²) in [7, 11) is 0. The number of carbonyl (C=O) groups excluding carboxylic acids is 1. The Hall–Kier alpha value is -2.33. The van der Waals surface area contributed by atoms with Crippen LogP contribution in [-0.2, 0) is 4.74 Å². The van der Waals surface area contributed by atoms with E-state index in [1.807, 2.05) is 24.3 Å². The lowest BCUT2D eigenvalue weighted by molar-refractivity contribution is 0.0231. The summed E-state index contributed by atoms with van der Waals surface area (Å²) in [6.07, 6.45) is 6.50. The molecule has 2 N–H and O–H groups in total. The molecule has 0 spiro atoms. The van der Waals surface area contributed by atoms with E-state index in [0.29, 0.717) is 12.5 Å². The molecular weight excluding hydrogens is 374 g/mol. The average Bonchev–Trinajstić information content (AvgIpc) is 3.06. The third kappa shape index (κ3) is 4.54. The van der Waals surface area contributed by atoms with Crippen LogP contribution in [0.1, 0.15) is 69.4 Å². The van der Waals surface area contributed by atoms with Crippen LogP contribution in [0, 0.1) is 5.92 Å². The summed E-state index contributed by atoms with van der Waals surface area (Å²) in [5, 5.41) is 13.6. The van der Waals surface area contributed by atoms with Crippen LogP contribution >= 0.6 is 0 Å². The maximum atomic E-state index is 12.7. The molecule has 0 bridgehead atoms. The van der Waals surface area contributed by atoms with Gasteiger partial charge < -0.3 is 15.2 Å². The maximum absolute atomic E-state index is 12.7. The van der Waals surface area contributed by atoms with Crippen molar-refractivity contribution >= 4 is 6.09 Å². The molecule has 0 heterocycles. The Morgan fingerprint density at radius 3 is 2.17 bits per heavy atom. The summed E-state index contributed by atoms with van der Waals surface area (Å²) in [6, 6.07) is 16.3. The molecule has 4 nitrogen and oxygen atoms in total. The van der Waals surface area contributed by atoms with Crippen LogP contribution < -0.4 is 5.32 Å². The van der Waals surface area contributed by atoms with Crippen molar-refractivity contribution in [3.63, 3.8) is 0 Å². The third-order valence-corrected chi connectivity index (χ3v) is 6.78. The van der Waals surface area contributed by atoms with Crippen LogP contribution in [0.25, 0.3) is 11.1 Å². The van der Waals surface area contributed by atoms with Crippen molar-refractivity contribution in [3.8, 4) is 11.1 Å². The molecule has 0 saturated heterocycles. The van der Waals surface area contributed by atoms with Crippen LogP contribution in [0.5, 0.6) is 0 Å². The summed E-state index contributed by atoms with van der Waals surface area (Å²) >= 11 is 0. The normalized spacial score (nSPS) is 17.8. The Morgan fingerprint density at radius 2 is 1.60 bits per heavy atom. The summed E-state index contributed by atoms with van der Waals surface area (Å²) < 4.78 is 5.69. The number of alkyl carbamates (subject to hydrolysis) is 1. The number of hydrogen-bond acceptors (Lipinski definition) is 3. The number of aliphatic hydroxyl groups is 1. The fourth-order valence-electron chi connectivity index (χ4n) is 5.06. The van der Waals surface area contributed by atoms with Gasteiger partial charge in [0.05, 0.1) is 11.6 Å². The van der Waals surface area contributed by atoms with Gasteiger partial charge in [0.15, 0.2) is 0 Å².